The molecule has 26 heavy (non-hydrogen) atoms. The molecule has 6 heteroatoms. The van der Waals surface area contributed by atoms with Crippen molar-refractivity contribution in [2.24, 2.45) is 7.05 Å². The number of carbonyl (C=O) groups is 1. The summed E-state index contributed by atoms with van der Waals surface area (Å²) in [6.07, 6.45) is 0.225. The molecule has 1 N–H and O–H groups in total. The highest BCUT2D eigenvalue weighted by Gasteiger charge is 2.09. The van der Waals surface area contributed by atoms with Gasteiger partial charge in [-0.2, -0.15) is 0 Å². The van der Waals surface area contributed by atoms with E-state index < -0.39 is 5.76 Å². The molecule has 0 fully saturated rings. The lowest BCUT2D eigenvalue weighted by molar-refractivity contribution is -0.116. The second-order valence-electron chi connectivity index (χ2n) is 6.48. The highest BCUT2D eigenvalue weighted by Crippen LogP contribution is 2.19. The number of hydrogen-bond acceptors (Lipinski definition) is 4. The summed E-state index contributed by atoms with van der Waals surface area (Å²) >= 11 is 0. The zero-order valence-electron chi connectivity index (χ0n) is 15.1. The molecule has 3 rings (SSSR count). The number of benzene rings is 2. The van der Waals surface area contributed by atoms with Gasteiger partial charge in [-0.15, -0.1) is 0 Å². The fourth-order valence-electron chi connectivity index (χ4n) is 2.65. The summed E-state index contributed by atoms with van der Waals surface area (Å²) in [7, 11) is 1.64. The third-order valence-electron chi connectivity index (χ3n) is 4.22. The Kier molecular flexibility index (Phi) is 5.11. The van der Waals surface area contributed by atoms with E-state index in [9.17, 15) is 9.59 Å². The van der Waals surface area contributed by atoms with Crippen molar-refractivity contribution in [3.8, 4) is 5.75 Å². The summed E-state index contributed by atoms with van der Waals surface area (Å²) in [5, 5.41) is 2.78. The maximum Gasteiger partial charge on any atom is 0.419 e. The summed E-state index contributed by atoms with van der Waals surface area (Å²) in [6.45, 7) is 4.56. The molecule has 0 saturated heterocycles. The van der Waals surface area contributed by atoms with Gasteiger partial charge in [-0.1, -0.05) is 26.0 Å². The highest BCUT2D eigenvalue weighted by molar-refractivity contribution is 5.92. The largest absolute Gasteiger partial charge is 0.493 e. The number of oxazole rings is 1. The van der Waals surface area contributed by atoms with Gasteiger partial charge in [0.2, 0.25) is 5.91 Å². The Morgan fingerprint density at radius 2 is 1.92 bits per heavy atom. The summed E-state index contributed by atoms with van der Waals surface area (Å²) in [6, 6.07) is 13.0. The Labute approximate surface area is 151 Å². The molecule has 0 aliphatic rings. The molecule has 0 atom stereocenters. The van der Waals surface area contributed by atoms with E-state index in [1.807, 2.05) is 24.3 Å². The Bertz CT molecular complexity index is 968. The van der Waals surface area contributed by atoms with Crippen molar-refractivity contribution in [3.63, 3.8) is 0 Å². The van der Waals surface area contributed by atoms with Gasteiger partial charge in [-0.25, -0.2) is 4.79 Å². The molecular weight excluding hydrogens is 332 g/mol. The third kappa shape index (κ3) is 3.96. The van der Waals surface area contributed by atoms with Crippen LogP contribution in [0.5, 0.6) is 5.75 Å². The van der Waals surface area contributed by atoms with Crippen LogP contribution >= 0.6 is 0 Å². The first kappa shape index (κ1) is 17.8. The molecule has 0 unspecified atom stereocenters. The van der Waals surface area contributed by atoms with E-state index in [-0.39, 0.29) is 18.9 Å². The number of nitrogens with zero attached hydrogens (tertiary/aromatic N) is 1. The average molecular weight is 354 g/mol. The number of amides is 1. The molecule has 0 saturated carbocycles. The Morgan fingerprint density at radius 3 is 2.62 bits per heavy atom. The fourth-order valence-corrected chi connectivity index (χ4v) is 2.65. The van der Waals surface area contributed by atoms with Gasteiger partial charge in [0, 0.05) is 18.8 Å². The van der Waals surface area contributed by atoms with Crippen molar-refractivity contribution in [2.45, 2.75) is 26.2 Å². The minimum atomic E-state index is -0.430. The van der Waals surface area contributed by atoms with Crippen LogP contribution in [0.4, 0.5) is 5.69 Å². The Morgan fingerprint density at radius 1 is 1.19 bits per heavy atom. The van der Waals surface area contributed by atoms with Gasteiger partial charge in [0.05, 0.1) is 18.5 Å². The van der Waals surface area contributed by atoms with Crippen molar-refractivity contribution >= 4 is 22.7 Å². The topological polar surface area (TPSA) is 73.5 Å². The molecule has 1 amide bonds. The van der Waals surface area contributed by atoms with Crippen LogP contribution in [0.15, 0.2) is 51.7 Å². The molecule has 1 heterocycles. The Hall–Kier alpha value is -3.02. The zero-order valence-corrected chi connectivity index (χ0v) is 15.1. The lowest BCUT2D eigenvalue weighted by Gasteiger charge is -2.09. The molecule has 3 aromatic rings. The fraction of sp³-hybridized carbons (Fsp3) is 0.300. The van der Waals surface area contributed by atoms with Gasteiger partial charge in [-0.05, 0) is 35.7 Å². The van der Waals surface area contributed by atoms with Crippen LogP contribution in [0.1, 0.15) is 31.7 Å². The van der Waals surface area contributed by atoms with Gasteiger partial charge >= 0.3 is 5.76 Å². The second-order valence-corrected chi connectivity index (χ2v) is 6.48. The standard InChI is InChI=1S/C20H22N2O4/c1-13(2)14-4-7-16(8-5-14)25-11-10-19(23)21-15-6-9-17-18(12-15)26-20(24)22(17)3/h4-9,12-13H,10-11H2,1-3H3,(H,21,23). The first-order chi connectivity index (χ1) is 12.4. The number of anilines is 1. The lowest BCUT2D eigenvalue weighted by atomic mass is 10.0. The average Bonchev–Trinajstić information content (AvgIpc) is 2.89. The van der Waals surface area contributed by atoms with Gasteiger partial charge in [0.1, 0.15) is 5.75 Å². The van der Waals surface area contributed by atoms with Crippen LogP contribution in [0.3, 0.4) is 0 Å². The molecule has 6 nitrogen and oxygen atoms in total. The second kappa shape index (κ2) is 7.47. The third-order valence-corrected chi connectivity index (χ3v) is 4.22. The number of aromatic nitrogens is 1. The minimum absolute atomic E-state index is 0.165. The molecule has 1 aromatic heterocycles. The van der Waals surface area contributed by atoms with E-state index in [2.05, 4.69) is 19.2 Å². The van der Waals surface area contributed by atoms with Crippen molar-refractivity contribution in [1.29, 1.82) is 0 Å². The van der Waals surface area contributed by atoms with Gasteiger partial charge < -0.3 is 14.5 Å². The molecule has 0 spiro atoms. The lowest BCUT2D eigenvalue weighted by Crippen LogP contribution is -2.15. The summed E-state index contributed by atoms with van der Waals surface area (Å²) in [5.74, 6) is 0.623. The molecule has 2 aromatic carbocycles. The van der Waals surface area contributed by atoms with Gasteiger partial charge in [0.25, 0.3) is 0 Å². The monoisotopic (exact) mass is 354 g/mol. The number of carbonyl (C=O) groups excluding carboxylic acids is 1. The smallest absolute Gasteiger partial charge is 0.419 e. The highest BCUT2D eigenvalue weighted by atomic mass is 16.5. The van der Waals surface area contributed by atoms with E-state index in [0.29, 0.717) is 22.7 Å². The number of rotatable bonds is 6. The number of nitrogens with one attached hydrogen (secondary N) is 1. The summed E-state index contributed by atoms with van der Waals surface area (Å²) in [5.41, 5.74) is 2.95. The summed E-state index contributed by atoms with van der Waals surface area (Å²) < 4.78 is 12.1. The van der Waals surface area contributed by atoms with Crippen molar-refractivity contribution in [1.82, 2.24) is 4.57 Å². The molecule has 136 valence electrons. The quantitative estimate of drug-likeness (QED) is 0.733. The predicted octanol–water partition coefficient (Wildman–Crippen LogP) is 3.66. The number of aryl methyl sites for hydroxylation is 1. The van der Waals surface area contributed by atoms with E-state index in [0.717, 1.165) is 5.75 Å². The van der Waals surface area contributed by atoms with Crippen LogP contribution in [-0.4, -0.2) is 17.1 Å². The van der Waals surface area contributed by atoms with E-state index >= 15 is 0 Å². The van der Waals surface area contributed by atoms with Crippen molar-refractivity contribution in [2.75, 3.05) is 11.9 Å². The van der Waals surface area contributed by atoms with Crippen LogP contribution in [-0.2, 0) is 11.8 Å². The number of fused-ring (bicyclic) bond motifs is 1. The number of hydrogen-bond donors (Lipinski definition) is 1. The summed E-state index contributed by atoms with van der Waals surface area (Å²) in [4.78, 5) is 23.6. The van der Waals surface area contributed by atoms with Crippen LogP contribution in [0, 0.1) is 0 Å². The number of ether oxygens (including phenoxy) is 1. The minimum Gasteiger partial charge on any atom is -0.493 e. The first-order valence-electron chi connectivity index (χ1n) is 8.56. The van der Waals surface area contributed by atoms with Crippen LogP contribution < -0.4 is 15.8 Å². The van der Waals surface area contributed by atoms with Crippen LogP contribution in [0.2, 0.25) is 0 Å². The first-order valence-corrected chi connectivity index (χ1v) is 8.56. The predicted molar refractivity (Wildman–Crippen MR) is 101 cm³/mol. The zero-order chi connectivity index (χ0) is 18.7. The molecular formula is C20H22N2O4. The molecule has 0 bridgehead atoms. The van der Waals surface area contributed by atoms with Gasteiger partial charge in [-0.3, -0.25) is 9.36 Å². The molecule has 0 aliphatic carbocycles. The van der Waals surface area contributed by atoms with Crippen LogP contribution in [0.25, 0.3) is 11.1 Å². The van der Waals surface area contributed by atoms with Crippen molar-refractivity contribution < 1.29 is 13.9 Å². The molecule has 0 radical (unpaired) electrons. The maximum atomic E-state index is 12.1. The van der Waals surface area contributed by atoms with E-state index in [1.54, 1.807) is 25.2 Å². The van der Waals surface area contributed by atoms with E-state index in [1.165, 1.54) is 10.1 Å². The Balaban J connectivity index is 1.53. The van der Waals surface area contributed by atoms with Crippen molar-refractivity contribution in [3.05, 3.63) is 58.6 Å². The SMILES string of the molecule is CC(C)c1ccc(OCCC(=O)Nc2ccc3c(c2)oc(=O)n3C)cc1. The van der Waals surface area contributed by atoms with E-state index in [4.69, 9.17) is 9.15 Å². The molecule has 0 aliphatic heterocycles. The maximum absolute atomic E-state index is 12.1. The normalized spacial score (nSPS) is 11.1. The van der Waals surface area contributed by atoms with Gasteiger partial charge in [0.15, 0.2) is 5.58 Å².